The predicted molar refractivity (Wildman–Crippen MR) is 81.7 cm³/mol. The van der Waals surface area contributed by atoms with E-state index in [2.05, 4.69) is 9.88 Å². The van der Waals surface area contributed by atoms with E-state index in [1.54, 1.807) is 27.9 Å². The fraction of sp³-hybridized carbons (Fsp3) is 0.643. The highest BCUT2D eigenvalue weighted by molar-refractivity contribution is 7.09. The Bertz CT molecular complexity index is 483. The molecule has 1 aliphatic rings. The fourth-order valence-corrected chi connectivity index (χ4v) is 3.24. The third-order valence-corrected chi connectivity index (χ3v) is 5.13. The van der Waals surface area contributed by atoms with Crippen LogP contribution in [0.15, 0.2) is 11.7 Å². The van der Waals surface area contributed by atoms with Crippen molar-refractivity contribution in [3.63, 3.8) is 0 Å². The molecule has 116 valence electrons. The summed E-state index contributed by atoms with van der Waals surface area (Å²) in [5, 5.41) is 0. The first kappa shape index (κ1) is 15.9. The lowest BCUT2D eigenvalue weighted by molar-refractivity contribution is -0.133. The van der Waals surface area contributed by atoms with Gasteiger partial charge < -0.3 is 10.6 Å². The number of hydrogen-bond donors (Lipinski definition) is 1. The lowest BCUT2D eigenvalue weighted by atomic mass is 9.96. The van der Waals surface area contributed by atoms with Gasteiger partial charge in [-0.3, -0.25) is 19.5 Å². The van der Waals surface area contributed by atoms with Gasteiger partial charge in [0.05, 0.1) is 18.1 Å². The number of primary amides is 1. The van der Waals surface area contributed by atoms with Crippen LogP contribution in [0.1, 0.15) is 30.7 Å². The Kier molecular flexibility index (Phi) is 5.30. The van der Waals surface area contributed by atoms with Crippen molar-refractivity contribution in [1.82, 2.24) is 14.8 Å². The predicted octanol–water partition coefficient (Wildman–Crippen LogP) is 0.860. The van der Waals surface area contributed by atoms with Crippen LogP contribution in [0.2, 0.25) is 0 Å². The van der Waals surface area contributed by atoms with Crippen LogP contribution in [0, 0.1) is 5.92 Å². The molecule has 21 heavy (non-hydrogen) atoms. The number of thiazole rings is 1. The minimum atomic E-state index is -0.225. The molecule has 2 N–H and O–H groups in total. The van der Waals surface area contributed by atoms with E-state index in [-0.39, 0.29) is 23.8 Å². The molecular formula is C14H22N4O2S. The van der Waals surface area contributed by atoms with Gasteiger partial charge in [-0.15, -0.1) is 11.3 Å². The highest BCUT2D eigenvalue weighted by Gasteiger charge is 2.26. The summed E-state index contributed by atoms with van der Waals surface area (Å²) in [7, 11) is 1.82. The second-order valence-corrected chi connectivity index (χ2v) is 6.46. The molecule has 1 unspecified atom stereocenters. The van der Waals surface area contributed by atoms with Crippen molar-refractivity contribution in [3.05, 3.63) is 16.6 Å². The number of piperidine rings is 1. The van der Waals surface area contributed by atoms with Crippen LogP contribution in [0.25, 0.3) is 0 Å². The van der Waals surface area contributed by atoms with Gasteiger partial charge >= 0.3 is 0 Å². The number of carbonyl (C=O) groups is 2. The molecule has 1 saturated heterocycles. The Labute approximate surface area is 128 Å². The minimum Gasteiger partial charge on any atom is -0.369 e. The number of aromatic nitrogens is 1. The number of amides is 2. The van der Waals surface area contributed by atoms with E-state index in [9.17, 15) is 9.59 Å². The molecule has 2 rings (SSSR count). The molecule has 1 aromatic rings. The number of likely N-dealkylation sites (tertiary alicyclic amines) is 1. The maximum Gasteiger partial charge on any atom is 0.237 e. The van der Waals surface area contributed by atoms with Crippen molar-refractivity contribution in [3.8, 4) is 0 Å². The SMILES string of the molecule is CC(c1cncs1)N(C)C(=O)CN1CCC(C(N)=O)CC1. The number of hydrogen-bond acceptors (Lipinski definition) is 5. The van der Waals surface area contributed by atoms with E-state index in [0.717, 1.165) is 30.8 Å². The maximum absolute atomic E-state index is 12.3. The summed E-state index contributed by atoms with van der Waals surface area (Å²) in [6.45, 7) is 3.90. The molecule has 0 spiro atoms. The van der Waals surface area contributed by atoms with Crippen LogP contribution in [-0.4, -0.2) is 53.3 Å². The van der Waals surface area contributed by atoms with Gasteiger partial charge in [0, 0.05) is 24.0 Å². The van der Waals surface area contributed by atoms with Crippen LogP contribution in [0.4, 0.5) is 0 Å². The number of likely N-dealkylation sites (N-methyl/N-ethyl adjacent to an activating group) is 1. The fourth-order valence-electron chi connectivity index (χ4n) is 2.52. The van der Waals surface area contributed by atoms with Crippen molar-refractivity contribution < 1.29 is 9.59 Å². The van der Waals surface area contributed by atoms with E-state index >= 15 is 0 Å². The summed E-state index contributed by atoms with van der Waals surface area (Å²) in [4.78, 5) is 32.5. The standard InChI is InChI=1S/C14H22N4O2S/c1-10(12-7-16-9-21-12)17(2)13(19)8-18-5-3-11(4-6-18)14(15)20/h7,9-11H,3-6,8H2,1-2H3,(H2,15,20). The largest absolute Gasteiger partial charge is 0.369 e. The molecule has 0 aromatic carbocycles. The molecule has 0 radical (unpaired) electrons. The van der Waals surface area contributed by atoms with E-state index in [1.165, 1.54) is 0 Å². The van der Waals surface area contributed by atoms with Gasteiger partial charge in [0.2, 0.25) is 11.8 Å². The lowest BCUT2D eigenvalue weighted by Gasteiger charge is -2.32. The van der Waals surface area contributed by atoms with Crippen molar-refractivity contribution in [1.29, 1.82) is 0 Å². The molecule has 2 amide bonds. The smallest absolute Gasteiger partial charge is 0.237 e. The van der Waals surface area contributed by atoms with Crippen LogP contribution < -0.4 is 5.73 Å². The highest BCUT2D eigenvalue weighted by Crippen LogP contribution is 2.23. The van der Waals surface area contributed by atoms with Gasteiger partial charge in [0.25, 0.3) is 0 Å². The van der Waals surface area contributed by atoms with Crippen LogP contribution in [0.5, 0.6) is 0 Å². The number of nitrogens with zero attached hydrogens (tertiary/aromatic N) is 3. The number of rotatable bonds is 5. The quantitative estimate of drug-likeness (QED) is 0.875. The van der Waals surface area contributed by atoms with Gasteiger partial charge in [0.1, 0.15) is 0 Å². The van der Waals surface area contributed by atoms with Crippen molar-refractivity contribution in [2.75, 3.05) is 26.7 Å². The van der Waals surface area contributed by atoms with E-state index < -0.39 is 0 Å². The highest BCUT2D eigenvalue weighted by atomic mass is 32.1. The lowest BCUT2D eigenvalue weighted by Crippen LogP contribution is -2.44. The minimum absolute atomic E-state index is 0.0353. The molecular weight excluding hydrogens is 288 g/mol. The van der Waals surface area contributed by atoms with Gasteiger partial charge in [0.15, 0.2) is 0 Å². The molecule has 7 heteroatoms. The summed E-state index contributed by atoms with van der Waals surface area (Å²) in [5.74, 6) is -0.171. The molecule has 0 saturated carbocycles. The first-order valence-electron chi connectivity index (χ1n) is 7.14. The zero-order valence-electron chi connectivity index (χ0n) is 12.5. The summed E-state index contributed by atoms with van der Waals surface area (Å²) in [6.07, 6.45) is 3.30. The first-order chi connectivity index (χ1) is 9.99. The summed E-state index contributed by atoms with van der Waals surface area (Å²) < 4.78 is 0. The average Bonchev–Trinajstić information content (AvgIpc) is 3.00. The Balaban J connectivity index is 1.83. The number of carbonyl (C=O) groups excluding carboxylic acids is 2. The van der Waals surface area contributed by atoms with Gasteiger partial charge in [-0.25, -0.2) is 0 Å². The Morgan fingerprint density at radius 2 is 2.19 bits per heavy atom. The van der Waals surface area contributed by atoms with E-state index in [1.807, 2.05) is 14.0 Å². The van der Waals surface area contributed by atoms with Gasteiger partial charge in [-0.05, 0) is 32.9 Å². The van der Waals surface area contributed by atoms with Crippen molar-refractivity contribution in [2.24, 2.45) is 11.7 Å². The van der Waals surface area contributed by atoms with Gasteiger partial charge in [-0.2, -0.15) is 0 Å². The molecule has 1 atom stereocenters. The normalized spacial score (nSPS) is 18.4. The maximum atomic E-state index is 12.3. The summed E-state index contributed by atoms with van der Waals surface area (Å²) >= 11 is 1.56. The van der Waals surface area contributed by atoms with Crippen LogP contribution in [0.3, 0.4) is 0 Å². The molecule has 6 nitrogen and oxygen atoms in total. The Morgan fingerprint density at radius 3 is 2.71 bits per heavy atom. The second kappa shape index (κ2) is 7.00. The van der Waals surface area contributed by atoms with E-state index in [4.69, 9.17) is 5.73 Å². The second-order valence-electron chi connectivity index (χ2n) is 5.54. The van der Waals surface area contributed by atoms with Crippen LogP contribution in [-0.2, 0) is 9.59 Å². The van der Waals surface area contributed by atoms with Crippen molar-refractivity contribution >= 4 is 23.2 Å². The molecule has 0 bridgehead atoms. The molecule has 0 aliphatic carbocycles. The third kappa shape index (κ3) is 4.01. The summed E-state index contributed by atoms with van der Waals surface area (Å²) in [6, 6.07) is 0.0353. The van der Waals surface area contributed by atoms with Crippen LogP contribution >= 0.6 is 11.3 Å². The van der Waals surface area contributed by atoms with Gasteiger partial charge in [-0.1, -0.05) is 0 Å². The summed E-state index contributed by atoms with van der Waals surface area (Å²) in [5.41, 5.74) is 7.10. The topological polar surface area (TPSA) is 79.5 Å². The first-order valence-corrected chi connectivity index (χ1v) is 8.02. The Morgan fingerprint density at radius 1 is 1.52 bits per heavy atom. The zero-order valence-corrected chi connectivity index (χ0v) is 13.3. The monoisotopic (exact) mass is 310 g/mol. The third-order valence-electron chi connectivity index (χ3n) is 4.19. The molecule has 1 fully saturated rings. The molecule has 1 aliphatic heterocycles. The van der Waals surface area contributed by atoms with E-state index in [0.29, 0.717) is 6.54 Å². The number of nitrogens with two attached hydrogens (primary N) is 1. The van der Waals surface area contributed by atoms with Crippen molar-refractivity contribution in [2.45, 2.75) is 25.8 Å². The molecule has 2 heterocycles. The zero-order chi connectivity index (χ0) is 15.4. The molecule has 1 aromatic heterocycles. The Hall–Kier alpha value is -1.47. The average molecular weight is 310 g/mol.